The van der Waals surface area contributed by atoms with E-state index < -0.39 is 17.7 Å². The molecule has 6 nitrogen and oxygen atoms in total. The minimum absolute atomic E-state index is 0.0219. The fraction of sp³-hybridized carbons (Fsp3) is 0.214. The molecule has 0 radical (unpaired) electrons. The summed E-state index contributed by atoms with van der Waals surface area (Å²) < 4.78 is 42.7. The smallest absolute Gasteiger partial charge is 0.380 e. The molecular weight excluding hydrogens is 315 g/mol. The first-order valence-electron chi connectivity index (χ1n) is 6.35. The lowest BCUT2D eigenvalue weighted by Gasteiger charge is -2.08. The van der Waals surface area contributed by atoms with Crippen molar-refractivity contribution in [3.05, 3.63) is 52.4 Å². The summed E-state index contributed by atoms with van der Waals surface area (Å²) in [5, 5.41) is 6.94. The molecule has 0 aliphatic heterocycles. The van der Waals surface area contributed by atoms with Gasteiger partial charge in [-0.25, -0.2) is 4.79 Å². The van der Waals surface area contributed by atoms with E-state index in [2.05, 4.69) is 15.1 Å². The van der Waals surface area contributed by atoms with Crippen molar-refractivity contribution in [1.29, 1.82) is 0 Å². The summed E-state index contributed by atoms with van der Waals surface area (Å²) in [6.45, 7) is 3.05. The zero-order valence-electron chi connectivity index (χ0n) is 12.1. The van der Waals surface area contributed by atoms with Gasteiger partial charge in [-0.1, -0.05) is 22.4 Å². The van der Waals surface area contributed by atoms with Crippen molar-refractivity contribution in [2.45, 2.75) is 20.0 Å². The van der Waals surface area contributed by atoms with Crippen molar-refractivity contribution >= 4 is 11.8 Å². The molecule has 0 aliphatic rings. The van der Waals surface area contributed by atoms with Gasteiger partial charge in [0.05, 0.1) is 11.3 Å². The summed E-state index contributed by atoms with van der Waals surface area (Å²) in [6.07, 6.45) is -4.51. The number of amidine groups is 1. The lowest BCUT2D eigenvalue weighted by atomic mass is 10.1. The van der Waals surface area contributed by atoms with Crippen molar-refractivity contribution in [2.75, 3.05) is 0 Å². The van der Waals surface area contributed by atoms with Crippen LogP contribution in [0.1, 0.15) is 32.9 Å². The van der Waals surface area contributed by atoms with Crippen LogP contribution in [0, 0.1) is 13.8 Å². The van der Waals surface area contributed by atoms with E-state index in [1.54, 1.807) is 0 Å². The minimum Gasteiger partial charge on any atom is -0.380 e. The normalized spacial score (nSPS) is 12.3. The number of carbonyl (C=O) groups is 1. The first-order valence-corrected chi connectivity index (χ1v) is 6.35. The van der Waals surface area contributed by atoms with Crippen molar-refractivity contribution in [2.24, 2.45) is 10.9 Å². The molecule has 2 N–H and O–H groups in total. The maximum atomic E-state index is 12.6. The van der Waals surface area contributed by atoms with Crippen LogP contribution in [0.25, 0.3) is 0 Å². The summed E-state index contributed by atoms with van der Waals surface area (Å²) in [7, 11) is 0. The van der Waals surface area contributed by atoms with Gasteiger partial charge in [0, 0.05) is 5.56 Å². The molecule has 0 aliphatic carbocycles. The molecular formula is C14H12F3N3O3. The summed E-state index contributed by atoms with van der Waals surface area (Å²) in [6, 6.07) is 4.20. The van der Waals surface area contributed by atoms with Crippen molar-refractivity contribution in [3.63, 3.8) is 0 Å². The van der Waals surface area contributed by atoms with Crippen LogP contribution in [0.3, 0.4) is 0 Å². The molecule has 0 saturated carbocycles. The Kier molecular flexibility index (Phi) is 4.39. The Balaban J connectivity index is 2.19. The van der Waals surface area contributed by atoms with Crippen molar-refractivity contribution in [3.8, 4) is 0 Å². The standard InChI is InChI=1S/C14H12F3N3O3/c1-7-11(8(2)22-19-7)13(21)23-20-12(18)9-4-3-5-10(6-9)14(15,16)17/h3-6H,1-2H3,(H2,18,20). The zero-order valence-corrected chi connectivity index (χ0v) is 12.1. The molecule has 1 aromatic heterocycles. The van der Waals surface area contributed by atoms with Crippen LogP contribution < -0.4 is 5.73 Å². The van der Waals surface area contributed by atoms with Crippen LogP contribution in [0.2, 0.25) is 0 Å². The number of hydrogen-bond acceptors (Lipinski definition) is 5. The van der Waals surface area contributed by atoms with E-state index >= 15 is 0 Å². The largest absolute Gasteiger partial charge is 0.416 e. The molecule has 122 valence electrons. The zero-order chi connectivity index (χ0) is 17.2. The fourth-order valence-electron chi connectivity index (χ4n) is 1.82. The third kappa shape index (κ3) is 3.68. The average molecular weight is 327 g/mol. The maximum Gasteiger partial charge on any atom is 0.416 e. The monoisotopic (exact) mass is 327 g/mol. The van der Waals surface area contributed by atoms with Crippen LogP contribution in [-0.2, 0) is 11.0 Å². The van der Waals surface area contributed by atoms with Crippen LogP contribution in [-0.4, -0.2) is 17.0 Å². The van der Waals surface area contributed by atoms with Gasteiger partial charge in [0.2, 0.25) is 0 Å². The van der Waals surface area contributed by atoms with Crippen LogP contribution in [0.5, 0.6) is 0 Å². The van der Waals surface area contributed by atoms with Gasteiger partial charge in [-0.15, -0.1) is 0 Å². The molecule has 2 aromatic rings. The van der Waals surface area contributed by atoms with E-state index in [0.29, 0.717) is 5.69 Å². The Labute approximate surface area is 128 Å². The summed E-state index contributed by atoms with van der Waals surface area (Å²) >= 11 is 0. The number of aryl methyl sites for hydroxylation is 2. The SMILES string of the molecule is Cc1noc(C)c1C(=O)O/N=C(/N)c1cccc(C(F)(F)F)c1. The Morgan fingerprint density at radius 3 is 2.61 bits per heavy atom. The molecule has 0 spiro atoms. The highest BCUT2D eigenvalue weighted by atomic mass is 19.4. The lowest BCUT2D eigenvalue weighted by Crippen LogP contribution is -2.17. The fourth-order valence-corrected chi connectivity index (χ4v) is 1.82. The Morgan fingerprint density at radius 1 is 1.35 bits per heavy atom. The van der Waals surface area contributed by atoms with E-state index in [-0.39, 0.29) is 22.7 Å². The van der Waals surface area contributed by atoms with Crippen LogP contribution in [0.4, 0.5) is 13.2 Å². The first kappa shape index (κ1) is 16.5. The third-order valence-electron chi connectivity index (χ3n) is 2.95. The van der Waals surface area contributed by atoms with Gasteiger partial charge in [0.15, 0.2) is 5.84 Å². The molecule has 23 heavy (non-hydrogen) atoms. The average Bonchev–Trinajstić information content (AvgIpc) is 2.83. The second-order valence-corrected chi connectivity index (χ2v) is 4.63. The highest BCUT2D eigenvalue weighted by Crippen LogP contribution is 2.29. The molecule has 0 fully saturated rings. The highest BCUT2D eigenvalue weighted by molar-refractivity contribution is 5.98. The number of oxime groups is 1. The number of benzene rings is 1. The number of nitrogens with zero attached hydrogens (tertiary/aromatic N) is 2. The third-order valence-corrected chi connectivity index (χ3v) is 2.95. The Morgan fingerprint density at radius 2 is 2.04 bits per heavy atom. The molecule has 9 heteroatoms. The van der Waals surface area contributed by atoms with E-state index in [1.807, 2.05) is 0 Å². The number of hydrogen-bond donors (Lipinski definition) is 1. The van der Waals surface area contributed by atoms with E-state index in [9.17, 15) is 18.0 Å². The van der Waals surface area contributed by atoms with Gasteiger partial charge >= 0.3 is 12.1 Å². The molecule has 1 aromatic carbocycles. The molecule has 2 rings (SSSR count). The van der Waals surface area contributed by atoms with Crippen molar-refractivity contribution in [1.82, 2.24) is 5.16 Å². The van der Waals surface area contributed by atoms with Gasteiger partial charge in [0.1, 0.15) is 11.3 Å². The quantitative estimate of drug-likeness (QED) is 0.405. The van der Waals surface area contributed by atoms with Gasteiger partial charge in [-0.3, -0.25) is 0 Å². The minimum atomic E-state index is -4.51. The van der Waals surface area contributed by atoms with Crippen LogP contribution >= 0.6 is 0 Å². The lowest BCUT2D eigenvalue weighted by molar-refractivity contribution is -0.137. The molecule has 0 unspecified atom stereocenters. The molecule has 1 heterocycles. The number of aromatic nitrogens is 1. The highest BCUT2D eigenvalue weighted by Gasteiger charge is 2.30. The second-order valence-electron chi connectivity index (χ2n) is 4.63. The molecule has 0 atom stereocenters. The van der Waals surface area contributed by atoms with E-state index in [1.165, 1.54) is 26.0 Å². The first-order chi connectivity index (χ1) is 10.7. The predicted molar refractivity (Wildman–Crippen MR) is 73.6 cm³/mol. The van der Waals surface area contributed by atoms with E-state index in [0.717, 1.165) is 12.1 Å². The van der Waals surface area contributed by atoms with Crippen molar-refractivity contribution < 1.29 is 27.3 Å². The number of halogens is 3. The summed E-state index contributed by atoms with van der Waals surface area (Å²) in [5.41, 5.74) is 5.04. The Bertz CT molecular complexity index is 747. The number of alkyl halides is 3. The molecule has 0 amide bonds. The second kappa shape index (κ2) is 6.11. The number of carbonyl (C=O) groups excluding carboxylic acids is 1. The number of nitrogens with two attached hydrogens (primary N) is 1. The summed E-state index contributed by atoms with van der Waals surface area (Å²) in [4.78, 5) is 16.5. The van der Waals surface area contributed by atoms with Gasteiger partial charge < -0.3 is 15.1 Å². The van der Waals surface area contributed by atoms with Gasteiger partial charge in [-0.05, 0) is 26.0 Å². The Hall–Kier alpha value is -2.84. The predicted octanol–water partition coefficient (Wildman–Crippen LogP) is 2.79. The maximum absolute atomic E-state index is 12.6. The van der Waals surface area contributed by atoms with E-state index in [4.69, 9.17) is 10.3 Å². The molecule has 0 bridgehead atoms. The van der Waals surface area contributed by atoms with Crippen LogP contribution in [0.15, 0.2) is 33.9 Å². The van der Waals surface area contributed by atoms with Gasteiger partial charge in [0.25, 0.3) is 0 Å². The topological polar surface area (TPSA) is 90.7 Å². The number of rotatable bonds is 3. The van der Waals surface area contributed by atoms with Gasteiger partial charge in [-0.2, -0.15) is 13.2 Å². The molecule has 0 saturated heterocycles. The summed E-state index contributed by atoms with van der Waals surface area (Å²) in [5.74, 6) is -0.993.